The van der Waals surface area contributed by atoms with E-state index in [9.17, 15) is 0 Å². The fourth-order valence-electron chi connectivity index (χ4n) is 1.65. The number of nitrogens with zero attached hydrogens (tertiary/aromatic N) is 1. The Morgan fingerprint density at radius 2 is 1.58 bits per heavy atom. The van der Waals surface area contributed by atoms with Gasteiger partial charge in [-0.05, 0) is 26.8 Å². The molecule has 74 valence electrons. The van der Waals surface area contributed by atoms with E-state index in [1.165, 1.54) is 10.2 Å². The van der Waals surface area contributed by atoms with Crippen LogP contribution in [0, 0.1) is 0 Å². The van der Waals surface area contributed by atoms with Crippen molar-refractivity contribution < 1.29 is 0 Å². The lowest BCUT2D eigenvalue weighted by Gasteiger charge is -2.40. The summed E-state index contributed by atoms with van der Waals surface area (Å²) in [6, 6.07) is 0.730. The summed E-state index contributed by atoms with van der Waals surface area (Å²) in [4.78, 5) is 0. The van der Waals surface area contributed by atoms with Crippen molar-refractivity contribution in [1.82, 2.24) is 4.57 Å². The molecule has 0 rings (SSSR count). The van der Waals surface area contributed by atoms with E-state index in [0.717, 1.165) is 11.2 Å². The standard InChI is InChI=1S/C9H25NSi2/c1-7(2)10(9(4,5)6)12-8(3)11/h7-8H,12H2,1-6,11H3. The van der Waals surface area contributed by atoms with E-state index in [2.05, 4.69) is 46.1 Å². The van der Waals surface area contributed by atoms with Crippen molar-refractivity contribution in [2.75, 3.05) is 0 Å². The minimum Gasteiger partial charge on any atom is -0.322 e. The van der Waals surface area contributed by atoms with E-state index in [1.54, 1.807) is 0 Å². The highest BCUT2D eigenvalue weighted by Crippen LogP contribution is 2.17. The number of hydrogen-bond acceptors (Lipinski definition) is 1. The van der Waals surface area contributed by atoms with Gasteiger partial charge in [0.15, 0.2) is 0 Å². The molecule has 0 aromatic heterocycles. The summed E-state index contributed by atoms with van der Waals surface area (Å²) in [7, 11) is 1.37. The van der Waals surface area contributed by atoms with Crippen LogP contribution in [-0.2, 0) is 0 Å². The molecule has 0 aromatic rings. The number of rotatable bonds is 3. The van der Waals surface area contributed by atoms with E-state index in [4.69, 9.17) is 0 Å². The van der Waals surface area contributed by atoms with E-state index < -0.39 is 0 Å². The molecule has 0 saturated carbocycles. The smallest absolute Gasteiger partial charge is 0.0954 e. The summed E-state index contributed by atoms with van der Waals surface area (Å²) >= 11 is 0. The summed E-state index contributed by atoms with van der Waals surface area (Å²) in [5.74, 6) is 0. The quantitative estimate of drug-likeness (QED) is 0.611. The fraction of sp³-hybridized carbons (Fsp3) is 1.00. The summed E-state index contributed by atoms with van der Waals surface area (Å²) in [6.07, 6.45) is 0. The van der Waals surface area contributed by atoms with Crippen molar-refractivity contribution in [3.8, 4) is 0 Å². The van der Waals surface area contributed by atoms with E-state index >= 15 is 0 Å². The SMILES string of the molecule is CC([SiH3])[SiH2]N(C(C)C)C(C)(C)C. The Balaban J connectivity index is 4.25. The van der Waals surface area contributed by atoms with Crippen LogP contribution in [0.5, 0.6) is 0 Å². The molecule has 0 saturated heterocycles. The Kier molecular flexibility index (Phi) is 4.73. The highest BCUT2D eigenvalue weighted by Gasteiger charge is 2.23. The van der Waals surface area contributed by atoms with Gasteiger partial charge in [-0.2, -0.15) is 0 Å². The van der Waals surface area contributed by atoms with Crippen LogP contribution in [-0.4, -0.2) is 36.1 Å². The molecular weight excluding hydrogens is 178 g/mol. The summed E-state index contributed by atoms with van der Waals surface area (Å²) in [6.45, 7) is 14.1. The van der Waals surface area contributed by atoms with Gasteiger partial charge in [0.2, 0.25) is 0 Å². The second kappa shape index (κ2) is 4.58. The zero-order valence-corrected chi connectivity index (χ0v) is 13.2. The molecule has 0 N–H and O–H groups in total. The Morgan fingerprint density at radius 1 is 1.17 bits per heavy atom. The molecule has 0 spiro atoms. The van der Waals surface area contributed by atoms with Gasteiger partial charge in [0.05, 0.1) is 9.68 Å². The lowest BCUT2D eigenvalue weighted by molar-refractivity contribution is 0.211. The maximum Gasteiger partial charge on any atom is 0.0954 e. The Hall–Kier alpha value is 0.394. The Morgan fingerprint density at radius 3 is 1.67 bits per heavy atom. The van der Waals surface area contributed by atoms with Crippen molar-refractivity contribution in [2.45, 2.75) is 58.3 Å². The third kappa shape index (κ3) is 4.43. The second-order valence-electron chi connectivity index (χ2n) is 5.31. The molecular formula is C9H25NSi2. The van der Waals surface area contributed by atoms with Crippen LogP contribution in [0.2, 0.25) is 5.16 Å². The molecule has 3 heteroatoms. The lowest BCUT2D eigenvalue weighted by Crippen LogP contribution is -2.49. The summed E-state index contributed by atoms with van der Waals surface area (Å²) in [5.41, 5.74) is 0.388. The zero-order valence-electron chi connectivity index (χ0n) is 9.81. The van der Waals surface area contributed by atoms with E-state index in [1.807, 2.05) is 0 Å². The van der Waals surface area contributed by atoms with Gasteiger partial charge in [0.25, 0.3) is 0 Å². The van der Waals surface area contributed by atoms with E-state index in [0.29, 0.717) is 5.54 Å². The maximum atomic E-state index is 2.73. The molecule has 0 bridgehead atoms. The number of hydrogen-bond donors (Lipinski definition) is 0. The average Bonchev–Trinajstić information content (AvgIpc) is 1.79. The molecule has 1 unspecified atom stereocenters. The molecule has 0 heterocycles. The van der Waals surface area contributed by atoms with Gasteiger partial charge < -0.3 is 4.57 Å². The van der Waals surface area contributed by atoms with Crippen molar-refractivity contribution >= 4 is 19.9 Å². The van der Waals surface area contributed by atoms with Gasteiger partial charge in [-0.15, -0.1) is 0 Å². The molecule has 0 aliphatic carbocycles. The first kappa shape index (κ1) is 12.4. The Bertz CT molecular complexity index is 127. The summed E-state index contributed by atoms with van der Waals surface area (Å²) in [5, 5.41) is 1.03. The maximum absolute atomic E-state index is 2.73. The van der Waals surface area contributed by atoms with Gasteiger partial charge >= 0.3 is 0 Å². The van der Waals surface area contributed by atoms with Crippen LogP contribution in [0.15, 0.2) is 0 Å². The van der Waals surface area contributed by atoms with Crippen molar-refractivity contribution in [1.29, 1.82) is 0 Å². The largest absolute Gasteiger partial charge is 0.322 e. The second-order valence-corrected chi connectivity index (χ2v) is 11.6. The predicted octanol–water partition coefficient (Wildman–Crippen LogP) is 0.710. The highest BCUT2D eigenvalue weighted by molar-refractivity contribution is 6.47. The normalized spacial score (nSPS) is 17.0. The van der Waals surface area contributed by atoms with Crippen LogP contribution < -0.4 is 0 Å². The first-order valence-corrected chi connectivity index (χ1v) is 7.62. The molecule has 0 amide bonds. The van der Waals surface area contributed by atoms with Crippen LogP contribution >= 0.6 is 0 Å². The van der Waals surface area contributed by atoms with Gasteiger partial charge in [-0.1, -0.05) is 25.9 Å². The monoisotopic (exact) mass is 203 g/mol. The molecule has 12 heavy (non-hydrogen) atoms. The predicted molar refractivity (Wildman–Crippen MR) is 64.6 cm³/mol. The molecule has 0 fully saturated rings. The van der Waals surface area contributed by atoms with Crippen LogP contribution in [0.3, 0.4) is 0 Å². The lowest BCUT2D eigenvalue weighted by atomic mass is 10.1. The van der Waals surface area contributed by atoms with Gasteiger partial charge in [-0.25, -0.2) is 0 Å². The van der Waals surface area contributed by atoms with Gasteiger partial charge in [0, 0.05) is 15.8 Å². The minimum atomic E-state index is 0.00347. The zero-order chi connectivity index (χ0) is 9.94. The van der Waals surface area contributed by atoms with Crippen molar-refractivity contribution in [2.24, 2.45) is 0 Å². The van der Waals surface area contributed by atoms with E-state index in [-0.39, 0.29) is 9.68 Å². The Labute approximate surface area is 83.2 Å². The van der Waals surface area contributed by atoms with Crippen LogP contribution in [0.25, 0.3) is 0 Å². The fourth-order valence-corrected chi connectivity index (χ4v) is 4.59. The molecule has 1 atom stereocenters. The average molecular weight is 203 g/mol. The topological polar surface area (TPSA) is 3.24 Å². The van der Waals surface area contributed by atoms with Crippen LogP contribution in [0.4, 0.5) is 0 Å². The first-order valence-electron chi connectivity index (χ1n) is 5.02. The van der Waals surface area contributed by atoms with Gasteiger partial charge in [0.1, 0.15) is 0 Å². The molecule has 0 aliphatic heterocycles. The summed E-state index contributed by atoms with van der Waals surface area (Å²) < 4.78 is 2.73. The van der Waals surface area contributed by atoms with Gasteiger partial charge in [-0.3, -0.25) is 0 Å². The molecule has 1 nitrogen and oxygen atoms in total. The van der Waals surface area contributed by atoms with Crippen molar-refractivity contribution in [3.63, 3.8) is 0 Å². The first-order chi connectivity index (χ1) is 5.25. The molecule has 0 aromatic carbocycles. The highest BCUT2D eigenvalue weighted by atomic mass is 28.3. The minimum absolute atomic E-state index is 0.00347. The molecule has 0 radical (unpaired) electrons. The van der Waals surface area contributed by atoms with Crippen molar-refractivity contribution in [3.05, 3.63) is 0 Å². The third-order valence-electron chi connectivity index (χ3n) is 2.05. The van der Waals surface area contributed by atoms with Crippen LogP contribution in [0.1, 0.15) is 41.5 Å². The molecule has 0 aliphatic rings. The third-order valence-corrected chi connectivity index (χ3v) is 5.94.